The van der Waals surface area contributed by atoms with Crippen LogP contribution in [0.1, 0.15) is 0 Å². The predicted molar refractivity (Wildman–Crippen MR) is 207 cm³/mol. The van der Waals surface area contributed by atoms with Gasteiger partial charge in [0.2, 0.25) is 0 Å². The van der Waals surface area contributed by atoms with Gasteiger partial charge in [-0.05, 0) is 61.6 Å². The lowest BCUT2D eigenvalue weighted by molar-refractivity contribution is 1.08. The molecule has 0 radical (unpaired) electrons. The molecule has 0 aliphatic carbocycles. The summed E-state index contributed by atoms with van der Waals surface area (Å²) in [5.41, 5.74) is 5.33. The molecule has 2 aromatic heterocycles. The lowest BCUT2D eigenvalue weighted by atomic mass is 9.92. The third-order valence-corrected chi connectivity index (χ3v) is 10.7. The largest absolute Gasteiger partial charge is 0.208 e. The number of thiophene rings is 1. The molecule has 0 bridgehead atoms. The number of hydrogen-bond donors (Lipinski definition) is 0. The minimum absolute atomic E-state index is 0.656. The zero-order valence-corrected chi connectivity index (χ0v) is 27.2. The van der Waals surface area contributed by atoms with Crippen LogP contribution in [0.5, 0.6) is 0 Å². The molecule has 49 heavy (non-hydrogen) atoms. The molecule has 3 nitrogen and oxygen atoms in total. The van der Waals surface area contributed by atoms with Crippen LogP contribution in [0.25, 0.3) is 97.8 Å². The van der Waals surface area contributed by atoms with Gasteiger partial charge in [-0.3, -0.25) is 0 Å². The molecule has 0 aliphatic rings. The van der Waals surface area contributed by atoms with Crippen molar-refractivity contribution in [2.75, 3.05) is 0 Å². The van der Waals surface area contributed by atoms with Gasteiger partial charge in [0, 0.05) is 36.9 Å². The van der Waals surface area contributed by atoms with Gasteiger partial charge in [0.05, 0.1) is 0 Å². The Balaban J connectivity index is 1.19. The number of rotatable bonds is 4. The summed E-state index contributed by atoms with van der Waals surface area (Å²) < 4.78 is 2.63. The Morgan fingerprint density at radius 3 is 1.63 bits per heavy atom. The van der Waals surface area contributed by atoms with E-state index in [1.807, 2.05) is 29.5 Å². The fourth-order valence-corrected chi connectivity index (χ4v) is 8.35. The normalized spacial score (nSPS) is 11.7. The highest BCUT2D eigenvalue weighted by atomic mass is 32.1. The first kappa shape index (κ1) is 27.8. The average molecular weight is 642 g/mol. The SMILES string of the molecule is c1ccc(-c2nc(-c3cccc4ccccc34)nc(-c3cccc4c(-c5cccc6cc7c(cc56)sc5ccccc57)cccc34)n2)cc1. The lowest BCUT2D eigenvalue weighted by Gasteiger charge is -2.14. The molecule has 8 aromatic carbocycles. The Morgan fingerprint density at radius 2 is 0.837 bits per heavy atom. The van der Waals surface area contributed by atoms with Crippen LogP contribution in [-0.2, 0) is 0 Å². The molecule has 0 amide bonds. The predicted octanol–water partition coefficient (Wildman–Crippen LogP) is 12.4. The number of aromatic nitrogens is 3. The molecule has 0 fully saturated rings. The zero-order valence-electron chi connectivity index (χ0n) is 26.3. The topological polar surface area (TPSA) is 38.7 Å². The van der Waals surface area contributed by atoms with Gasteiger partial charge in [-0.1, -0.05) is 146 Å². The van der Waals surface area contributed by atoms with Crippen LogP contribution < -0.4 is 0 Å². The van der Waals surface area contributed by atoms with Crippen molar-refractivity contribution in [3.63, 3.8) is 0 Å². The quantitative estimate of drug-likeness (QED) is 0.192. The maximum Gasteiger partial charge on any atom is 0.164 e. The third-order valence-electron chi connectivity index (χ3n) is 9.53. The summed E-state index contributed by atoms with van der Waals surface area (Å²) in [6.07, 6.45) is 0. The molecule has 10 aromatic rings. The first-order valence-electron chi connectivity index (χ1n) is 16.4. The Bertz CT molecular complexity index is 2890. The molecular weight excluding hydrogens is 615 g/mol. The number of nitrogens with zero attached hydrogens (tertiary/aromatic N) is 3. The summed E-state index contributed by atoms with van der Waals surface area (Å²) in [7, 11) is 0. The maximum absolute atomic E-state index is 5.19. The molecule has 228 valence electrons. The van der Waals surface area contributed by atoms with Crippen molar-refractivity contribution in [1.29, 1.82) is 0 Å². The Labute approximate surface area is 286 Å². The van der Waals surface area contributed by atoms with Crippen LogP contribution >= 0.6 is 11.3 Å². The number of benzene rings is 8. The fraction of sp³-hybridized carbons (Fsp3) is 0. The zero-order chi connectivity index (χ0) is 32.3. The smallest absolute Gasteiger partial charge is 0.164 e. The van der Waals surface area contributed by atoms with E-state index in [2.05, 4.69) is 146 Å². The van der Waals surface area contributed by atoms with Crippen LogP contribution in [0.3, 0.4) is 0 Å². The van der Waals surface area contributed by atoms with E-state index in [-0.39, 0.29) is 0 Å². The van der Waals surface area contributed by atoms with Crippen LogP contribution in [0.4, 0.5) is 0 Å². The molecule has 0 N–H and O–H groups in total. The molecular formula is C45H27N3S. The average Bonchev–Trinajstić information content (AvgIpc) is 3.53. The standard InChI is InChI=1S/C45H27N3S/c1-2-13-29(14-3-1)43-46-44(37-23-8-15-28-12-4-5-17-31(28)37)48-45(47-43)38-24-11-21-32-33(20-10-22-34(32)38)35-19-9-16-30-26-40-36-18-6-7-25-41(36)49-42(40)27-39(30)35/h1-27H. The summed E-state index contributed by atoms with van der Waals surface area (Å²) >= 11 is 1.86. The Kier molecular flexibility index (Phi) is 6.36. The lowest BCUT2D eigenvalue weighted by Crippen LogP contribution is -2.01. The van der Waals surface area contributed by atoms with E-state index in [4.69, 9.17) is 15.0 Å². The molecule has 4 heteroatoms. The molecule has 0 unspecified atom stereocenters. The highest BCUT2D eigenvalue weighted by Crippen LogP contribution is 2.41. The van der Waals surface area contributed by atoms with Crippen LogP contribution in [0, 0.1) is 0 Å². The van der Waals surface area contributed by atoms with Crippen molar-refractivity contribution >= 4 is 63.8 Å². The summed E-state index contributed by atoms with van der Waals surface area (Å²) in [4.78, 5) is 15.4. The highest BCUT2D eigenvalue weighted by Gasteiger charge is 2.17. The summed E-state index contributed by atoms with van der Waals surface area (Å²) in [5.74, 6) is 1.97. The Hall–Kier alpha value is -6.23. The minimum Gasteiger partial charge on any atom is -0.208 e. The van der Waals surface area contributed by atoms with E-state index < -0.39 is 0 Å². The van der Waals surface area contributed by atoms with Crippen molar-refractivity contribution in [2.24, 2.45) is 0 Å². The number of fused-ring (bicyclic) bond motifs is 6. The van der Waals surface area contributed by atoms with E-state index in [0.717, 1.165) is 38.2 Å². The van der Waals surface area contributed by atoms with Gasteiger partial charge in [-0.25, -0.2) is 15.0 Å². The second-order valence-corrected chi connectivity index (χ2v) is 13.5. The summed E-state index contributed by atoms with van der Waals surface area (Å²) in [6, 6.07) is 58.0. The molecule has 0 spiro atoms. The van der Waals surface area contributed by atoms with Gasteiger partial charge in [0.1, 0.15) is 0 Å². The molecule has 0 saturated heterocycles. The van der Waals surface area contributed by atoms with Crippen LogP contribution in [0.15, 0.2) is 164 Å². The van der Waals surface area contributed by atoms with Crippen molar-refractivity contribution in [3.05, 3.63) is 164 Å². The monoisotopic (exact) mass is 641 g/mol. The van der Waals surface area contributed by atoms with E-state index in [1.54, 1.807) is 0 Å². The van der Waals surface area contributed by atoms with Gasteiger partial charge < -0.3 is 0 Å². The third kappa shape index (κ3) is 4.61. The van der Waals surface area contributed by atoms with Crippen LogP contribution in [0.2, 0.25) is 0 Å². The highest BCUT2D eigenvalue weighted by molar-refractivity contribution is 7.25. The van der Waals surface area contributed by atoms with Gasteiger partial charge >= 0.3 is 0 Å². The first-order valence-corrected chi connectivity index (χ1v) is 17.3. The van der Waals surface area contributed by atoms with Gasteiger partial charge in [0.15, 0.2) is 17.5 Å². The van der Waals surface area contributed by atoms with Crippen LogP contribution in [-0.4, -0.2) is 15.0 Å². The van der Waals surface area contributed by atoms with E-state index >= 15 is 0 Å². The van der Waals surface area contributed by atoms with Gasteiger partial charge in [-0.2, -0.15) is 0 Å². The van der Waals surface area contributed by atoms with Crippen molar-refractivity contribution in [3.8, 4) is 45.3 Å². The summed E-state index contributed by atoms with van der Waals surface area (Å²) in [6.45, 7) is 0. The van der Waals surface area contributed by atoms with E-state index in [9.17, 15) is 0 Å². The van der Waals surface area contributed by atoms with Crippen molar-refractivity contribution in [1.82, 2.24) is 15.0 Å². The second-order valence-electron chi connectivity index (χ2n) is 12.4. The minimum atomic E-state index is 0.656. The maximum atomic E-state index is 5.19. The number of hydrogen-bond acceptors (Lipinski definition) is 4. The molecule has 10 rings (SSSR count). The second kappa shape index (κ2) is 11.2. The van der Waals surface area contributed by atoms with Crippen molar-refractivity contribution < 1.29 is 0 Å². The summed E-state index contributed by atoms with van der Waals surface area (Å²) in [5, 5.41) is 9.67. The first-order chi connectivity index (χ1) is 24.3. The molecule has 0 atom stereocenters. The van der Waals surface area contributed by atoms with Gasteiger partial charge in [0.25, 0.3) is 0 Å². The van der Waals surface area contributed by atoms with E-state index in [0.29, 0.717) is 17.5 Å². The molecule has 2 heterocycles. The molecule has 0 saturated carbocycles. The fourth-order valence-electron chi connectivity index (χ4n) is 7.23. The van der Waals surface area contributed by atoms with Crippen molar-refractivity contribution in [2.45, 2.75) is 0 Å². The van der Waals surface area contributed by atoms with E-state index in [1.165, 1.54) is 42.1 Å². The Morgan fingerprint density at radius 1 is 0.306 bits per heavy atom. The van der Waals surface area contributed by atoms with Gasteiger partial charge in [-0.15, -0.1) is 11.3 Å². The molecule has 0 aliphatic heterocycles.